The molecule has 1 aromatic rings. The number of methoxy groups -OCH3 is 1. The summed E-state index contributed by atoms with van der Waals surface area (Å²) in [7, 11) is 1.52. The normalized spacial score (nSPS) is 17.0. The Hall–Kier alpha value is -0.480. The van der Waals surface area contributed by atoms with Gasteiger partial charge in [0.1, 0.15) is 0 Å². The van der Waals surface area contributed by atoms with Crippen LogP contribution in [-0.2, 0) is 9.47 Å². The predicted molar refractivity (Wildman–Crippen MR) is 57.7 cm³/mol. The molecular weight excluding hydrogens is 239 g/mol. The summed E-state index contributed by atoms with van der Waals surface area (Å²) in [5.74, 6) is 0.472. The third-order valence-corrected chi connectivity index (χ3v) is 2.68. The van der Waals surface area contributed by atoms with Gasteiger partial charge in [0.15, 0.2) is 12.0 Å². The maximum Gasteiger partial charge on any atom is 0.184 e. The molecule has 1 heterocycles. The molecule has 0 unspecified atom stereocenters. The lowest BCUT2D eigenvalue weighted by Gasteiger charge is -2.12. The van der Waals surface area contributed by atoms with Crippen molar-refractivity contribution in [3.8, 4) is 5.75 Å². The number of ether oxygens (including phenoxy) is 3. The number of rotatable bonds is 2. The van der Waals surface area contributed by atoms with E-state index in [2.05, 4.69) is 0 Å². The molecule has 1 saturated heterocycles. The first-order chi connectivity index (χ1) is 7.22. The number of benzene rings is 1. The number of hydrogen-bond acceptors (Lipinski definition) is 3. The van der Waals surface area contributed by atoms with E-state index in [4.69, 9.17) is 37.4 Å². The van der Waals surface area contributed by atoms with Crippen molar-refractivity contribution < 1.29 is 14.2 Å². The van der Waals surface area contributed by atoms with Crippen LogP contribution in [0.25, 0.3) is 0 Å². The molecule has 1 fully saturated rings. The van der Waals surface area contributed by atoms with E-state index in [1.807, 2.05) is 0 Å². The van der Waals surface area contributed by atoms with E-state index < -0.39 is 0 Å². The highest BCUT2D eigenvalue weighted by Crippen LogP contribution is 2.37. The highest BCUT2D eigenvalue weighted by atomic mass is 35.5. The third-order valence-electron chi connectivity index (χ3n) is 2.12. The van der Waals surface area contributed by atoms with Gasteiger partial charge in [0.05, 0.1) is 30.4 Å². The van der Waals surface area contributed by atoms with E-state index in [0.29, 0.717) is 29.0 Å². The molecule has 0 aliphatic carbocycles. The van der Waals surface area contributed by atoms with Gasteiger partial charge in [-0.1, -0.05) is 23.2 Å². The molecule has 0 N–H and O–H groups in total. The molecule has 0 aromatic heterocycles. The minimum absolute atomic E-state index is 0.370. The Bertz CT molecular complexity index is 339. The molecular formula is C10H10Cl2O3. The first-order valence-electron chi connectivity index (χ1n) is 4.48. The van der Waals surface area contributed by atoms with Gasteiger partial charge in [-0.05, 0) is 12.1 Å². The van der Waals surface area contributed by atoms with E-state index in [1.54, 1.807) is 12.1 Å². The summed E-state index contributed by atoms with van der Waals surface area (Å²) in [6.07, 6.45) is -0.370. The highest BCUT2D eigenvalue weighted by molar-refractivity contribution is 6.37. The van der Waals surface area contributed by atoms with Gasteiger partial charge in [-0.3, -0.25) is 0 Å². The van der Waals surface area contributed by atoms with Gasteiger partial charge < -0.3 is 14.2 Å². The van der Waals surface area contributed by atoms with Crippen LogP contribution in [0.15, 0.2) is 12.1 Å². The highest BCUT2D eigenvalue weighted by Gasteiger charge is 2.20. The van der Waals surface area contributed by atoms with E-state index in [0.717, 1.165) is 5.56 Å². The zero-order chi connectivity index (χ0) is 10.8. The van der Waals surface area contributed by atoms with Crippen molar-refractivity contribution in [2.24, 2.45) is 0 Å². The minimum atomic E-state index is -0.370. The van der Waals surface area contributed by atoms with Crippen molar-refractivity contribution in [2.75, 3.05) is 20.3 Å². The SMILES string of the molecule is COc1c(Cl)cc(C2OCCO2)cc1Cl. The second-order valence-electron chi connectivity index (χ2n) is 3.09. The van der Waals surface area contributed by atoms with Crippen LogP contribution >= 0.6 is 23.2 Å². The summed E-state index contributed by atoms with van der Waals surface area (Å²) in [6, 6.07) is 3.48. The van der Waals surface area contributed by atoms with E-state index in [-0.39, 0.29) is 6.29 Å². The molecule has 0 saturated carbocycles. The van der Waals surface area contributed by atoms with E-state index in [9.17, 15) is 0 Å². The first kappa shape index (κ1) is 11.0. The molecule has 2 rings (SSSR count). The number of hydrogen-bond donors (Lipinski definition) is 0. The van der Waals surface area contributed by atoms with Crippen LogP contribution in [0.2, 0.25) is 10.0 Å². The summed E-state index contributed by atoms with van der Waals surface area (Å²) >= 11 is 12.0. The Morgan fingerprint density at radius 2 is 1.73 bits per heavy atom. The topological polar surface area (TPSA) is 27.7 Å². The van der Waals surface area contributed by atoms with Crippen LogP contribution in [0.4, 0.5) is 0 Å². The van der Waals surface area contributed by atoms with Crippen molar-refractivity contribution >= 4 is 23.2 Å². The van der Waals surface area contributed by atoms with Crippen LogP contribution in [0.3, 0.4) is 0 Å². The van der Waals surface area contributed by atoms with Gasteiger partial charge in [-0.15, -0.1) is 0 Å². The standard InChI is InChI=1S/C10H10Cl2O3/c1-13-9-7(11)4-6(5-8(9)12)10-14-2-3-15-10/h4-5,10H,2-3H2,1H3. The summed E-state index contributed by atoms with van der Waals surface area (Å²) in [5, 5.41) is 0.915. The fourth-order valence-electron chi connectivity index (χ4n) is 1.46. The van der Waals surface area contributed by atoms with Crippen LogP contribution < -0.4 is 4.74 Å². The molecule has 1 aromatic carbocycles. The van der Waals surface area contributed by atoms with Gasteiger partial charge in [0.25, 0.3) is 0 Å². The van der Waals surface area contributed by atoms with E-state index >= 15 is 0 Å². The van der Waals surface area contributed by atoms with Crippen LogP contribution in [-0.4, -0.2) is 20.3 Å². The Morgan fingerprint density at radius 3 is 2.20 bits per heavy atom. The van der Waals surface area contributed by atoms with E-state index in [1.165, 1.54) is 7.11 Å². The summed E-state index contributed by atoms with van der Waals surface area (Å²) in [5.41, 5.74) is 0.809. The molecule has 15 heavy (non-hydrogen) atoms. The molecule has 0 bridgehead atoms. The maximum absolute atomic E-state index is 5.99. The molecule has 1 aliphatic heterocycles. The monoisotopic (exact) mass is 248 g/mol. The van der Waals surface area contributed by atoms with Gasteiger partial charge in [-0.25, -0.2) is 0 Å². The second kappa shape index (κ2) is 4.58. The third kappa shape index (κ3) is 2.21. The fraction of sp³-hybridized carbons (Fsp3) is 0.400. The lowest BCUT2D eigenvalue weighted by Crippen LogP contribution is -1.99. The predicted octanol–water partition coefficient (Wildman–Crippen LogP) is 3.05. The van der Waals surface area contributed by atoms with Crippen molar-refractivity contribution in [1.82, 2.24) is 0 Å². The number of halogens is 2. The average molecular weight is 249 g/mol. The molecule has 5 heteroatoms. The average Bonchev–Trinajstić information content (AvgIpc) is 2.69. The lowest BCUT2D eigenvalue weighted by atomic mass is 10.2. The second-order valence-corrected chi connectivity index (χ2v) is 3.91. The van der Waals surface area contributed by atoms with Gasteiger partial charge in [0, 0.05) is 5.56 Å². The molecule has 0 spiro atoms. The minimum Gasteiger partial charge on any atom is -0.494 e. The van der Waals surface area contributed by atoms with Crippen LogP contribution in [0, 0.1) is 0 Å². The zero-order valence-electron chi connectivity index (χ0n) is 8.13. The first-order valence-corrected chi connectivity index (χ1v) is 5.24. The molecule has 0 amide bonds. The van der Waals surface area contributed by atoms with Gasteiger partial charge in [-0.2, -0.15) is 0 Å². The molecule has 1 aliphatic rings. The van der Waals surface area contributed by atoms with Crippen molar-refractivity contribution in [2.45, 2.75) is 6.29 Å². The Balaban J connectivity index is 2.33. The Kier molecular flexibility index (Phi) is 3.36. The molecule has 0 radical (unpaired) electrons. The van der Waals surface area contributed by atoms with Crippen molar-refractivity contribution in [3.05, 3.63) is 27.7 Å². The molecule has 3 nitrogen and oxygen atoms in total. The lowest BCUT2D eigenvalue weighted by molar-refractivity contribution is -0.0441. The summed E-state index contributed by atoms with van der Waals surface area (Å²) < 4.78 is 15.7. The van der Waals surface area contributed by atoms with Gasteiger partial charge in [0.2, 0.25) is 0 Å². The Labute approximate surface area is 97.8 Å². The molecule has 82 valence electrons. The zero-order valence-corrected chi connectivity index (χ0v) is 9.64. The quantitative estimate of drug-likeness (QED) is 0.806. The summed E-state index contributed by atoms with van der Waals surface area (Å²) in [6.45, 7) is 1.18. The maximum atomic E-state index is 5.99. The Morgan fingerprint density at radius 1 is 1.20 bits per heavy atom. The fourth-order valence-corrected chi connectivity index (χ4v) is 2.12. The van der Waals surface area contributed by atoms with Crippen molar-refractivity contribution in [1.29, 1.82) is 0 Å². The summed E-state index contributed by atoms with van der Waals surface area (Å²) in [4.78, 5) is 0. The van der Waals surface area contributed by atoms with Crippen LogP contribution in [0.5, 0.6) is 5.75 Å². The van der Waals surface area contributed by atoms with Gasteiger partial charge >= 0.3 is 0 Å². The van der Waals surface area contributed by atoms with Crippen molar-refractivity contribution in [3.63, 3.8) is 0 Å². The largest absolute Gasteiger partial charge is 0.494 e. The molecule has 0 atom stereocenters. The smallest absolute Gasteiger partial charge is 0.184 e. The van der Waals surface area contributed by atoms with Crippen LogP contribution in [0.1, 0.15) is 11.9 Å².